The van der Waals surface area contributed by atoms with Crippen LogP contribution in [0.3, 0.4) is 0 Å². The molecule has 0 unspecified atom stereocenters. The van der Waals surface area contributed by atoms with Gasteiger partial charge in [-0.3, -0.25) is 15.2 Å². The van der Waals surface area contributed by atoms with Gasteiger partial charge in [0.15, 0.2) is 5.82 Å². The van der Waals surface area contributed by atoms with Crippen LogP contribution in [-0.2, 0) is 0 Å². The van der Waals surface area contributed by atoms with Gasteiger partial charge in [-0.2, -0.15) is 5.10 Å². The second-order valence-electron chi connectivity index (χ2n) is 5.92. The quantitative estimate of drug-likeness (QED) is 0.324. The molecular weight excluding hydrogens is 364 g/mol. The maximum absolute atomic E-state index is 12.4. The topological polar surface area (TPSA) is 98.7 Å². The van der Waals surface area contributed by atoms with E-state index in [2.05, 4.69) is 20.5 Å². The monoisotopic (exact) mass is 378 g/mol. The highest BCUT2D eigenvalue weighted by molar-refractivity contribution is 6.30. The molecule has 0 aliphatic carbocycles. The van der Waals surface area contributed by atoms with Crippen molar-refractivity contribution in [1.29, 1.82) is 0 Å². The van der Waals surface area contributed by atoms with Gasteiger partial charge in [-0.25, -0.2) is 15.5 Å². The van der Waals surface area contributed by atoms with Gasteiger partial charge in [0.25, 0.3) is 5.91 Å². The Morgan fingerprint density at radius 3 is 2.59 bits per heavy atom. The zero-order valence-electron chi connectivity index (χ0n) is 14.3. The lowest BCUT2D eigenvalue weighted by Gasteiger charge is -2.11. The van der Waals surface area contributed by atoms with E-state index in [1.807, 2.05) is 25.1 Å². The van der Waals surface area contributed by atoms with Crippen molar-refractivity contribution in [3.05, 3.63) is 71.3 Å². The number of nitrogens with two attached hydrogens (primary N) is 1. The average Bonchev–Trinajstić information content (AvgIpc) is 3.05. The maximum Gasteiger partial charge on any atom is 0.265 e. The first-order valence-electron chi connectivity index (χ1n) is 8.15. The molecule has 0 bridgehead atoms. The van der Waals surface area contributed by atoms with Crippen LogP contribution in [-0.4, -0.2) is 25.7 Å². The summed E-state index contributed by atoms with van der Waals surface area (Å²) in [5, 5.41) is 6.07. The van der Waals surface area contributed by atoms with Crippen molar-refractivity contribution in [2.24, 2.45) is 5.84 Å². The van der Waals surface area contributed by atoms with Crippen molar-refractivity contribution in [3.63, 3.8) is 0 Å². The number of aryl methyl sites for hydroxylation is 1. The molecule has 2 aromatic carbocycles. The van der Waals surface area contributed by atoms with E-state index in [0.717, 1.165) is 27.7 Å². The number of fused-ring (bicyclic) bond motifs is 1. The van der Waals surface area contributed by atoms with Crippen LogP contribution in [0.15, 0.2) is 55.0 Å². The Morgan fingerprint density at radius 2 is 1.93 bits per heavy atom. The van der Waals surface area contributed by atoms with Gasteiger partial charge in [0.1, 0.15) is 0 Å². The number of benzene rings is 2. The van der Waals surface area contributed by atoms with Crippen LogP contribution in [0.2, 0.25) is 5.02 Å². The van der Waals surface area contributed by atoms with Crippen molar-refractivity contribution >= 4 is 28.4 Å². The summed E-state index contributed by atoms with van der Waals surface area (Å²) in [6, 6.07) is 10.8. The molecule has 27 heavy (non-hydrogen) atoms. The molecule has 7 nitrogen and oxygen atoms in total. The van der Waals surface area contributed by atoms with E-state index in [9.17, 15) is 4.79 Å². The molecule has 4 aromatic rings. The number of carbonyl (C=O) groups excluding carboxylic acids is 1. The molecule has 0 aliphatic rings. The highest BCUT2D eigenvalue weighted by Gasteiger charge is 2.21. The molecule has 8 heteroatoms. The van der Waals surface area contributed by atoms with Crippen LogP contribution in [0.5, 0.6) is 0 Å². The van der Waals surface area contributed by atoms with Gasteiger partial charge in [0.2, 0.25) is 0 Å². The number of hydrogen-bond donors (Lipinski definition) is 2. The number of amides is 1. The van der Waals surface area contributed by atoms with Gasteiger partial charge in [0, 0.05) is 33.9 Å². The lowest BCUT2D eigenvalue weighted by Crippen LogP contribution is -2.30. The Kier molecular flexibility index (Phi) is 4.31. The van der Waals surface area contributed by atoms with E-state index in [-0.39, 0.29) is 5.91 Å². The molecule has 0 fully saturated rings. The van der Waals surface area contributed by atoms with Crippen molar-refractivity contribution in [1.82, 2.24) is 25.2 Å². The third-order valence-corrected chi connectivity index (χ3v) is 4.55. The highest BCUT2D eigenvalue weighted by atomic mass is 35.5. The number of hydrogen-bond acceptors (Lipinski definition) is 5. The zero-order chi connectivity index (χ0) is 19.0. The molecule has 0 spiro atoms. The number of halogens is 1. The van der Waals surface area contributed by atoms with Gasteiger partial charge in [0.05, 0.1) is 17.4 Å². The Balaban J connectivity index is 2.07. The summed E-state index contributed by atoms with van der Waals surface area (Å²) in [4.78, 5) is 20.8. The van der Waals surface area contributed by atoms with E-state index in [0.29, 0.717) is 16.4 Å². The predicted molar refractivity (Wildman–Crippen MR) is 103 cm³/mol. The van der Waals surface area contributed by atoms with Crippen LogP contribution >= 0.6 is 11.6 Å². The lowest BCUT2D eigenvalue weighted by atomic mass is 9.94. The summed E-state index contributed by atoms with van der Waals surface area (Å²) >= 11 is 6.03. The summed E-state index contributed by atoms with van der Waals surface area (Å²) in [5.41, 5.74) is 5.81. The molecule has 1 amide bonds. The SMILES string of the molecule is Cc1nn(-c2cnccn2)c2ccc(C(=O)NN)c(-c3ccc(Cl)cc3)c12. The molecule has 0 saturated carbocycles. The number of nitrogens with zero attached hydrogens (tertiary/aromatic N) is 4. The van der Waals surface area contributed by atoms with Gasteiger partial charge < -0.3 is 0 Å². The molecule has 3 N–H and O–H groups in total. The molecule has 134 valence electrons. The van der Waals surface area contributed by atoms with E-state index in [1.54, 1.807) is 41.5 Å². The smallest absolute Gasteiger partial charge is 0.265 e. The van der Waals surface area contributed by atoms with Crippen LogP contribution in [0, 0.1) is 6.92 Å². The van der Waals surface area contributed by atoms with Crippen LogP contribution in [0.1, 0.15) is 16.1 Å². The molecule has 2 heterocycles. The maximum atomic E-state index is 12.4. The number of aromatic nitrogens is 4. The standard InChI is InChI=1S/C19H15ClN6O/c1-11-17-15(26(25-11)16-10-22-8-9-23-16)7-6-14(19(27)24-21)18(17)12-2-4-13(20)5-3-12/h2-10H,21H2,1H3,(H,24,27). The molecule has 0 radical (unpaired) electrons. The summed E-state index contributed by atoms with van der Waals surface area (Å²) in [6.07, 6.45) is 4.84. The second-order valence-corrected chi connectivity index (χ2v) is 6.36. The average molecular weight is 379 g/mol. The first-order valence-corrected chi connectivity index (χ1v) is 8.53. The first-order chi connectivity index (χ1) is 13.1. The number of nitrogens with one attached hydrogen (secondary N) is 1. The molecule has 0 saturated heterocycles. The van der Waals surface area contributed by atoms with Crippen LogP contribution in [0.25, 0.3) is 27.8 Å². The fourth-order valence-corrected chi connectivity index (χ4v) is 3.27. The first kappa shape index (κ1) is 17.1. The summed E-state index contributed by atoms with van der Waals surface area (Å²) < 4.78 is 1.71. The normalized spacial score (nSPS) is 10.9. The Morgan fingerprint density at radius 1 is 1.15 bits per heavy atom. The van der Waals surface area contributed by atoms with Gasteiger partial charge in [-0.15, -0.1) is 0 Å². The molecule has 0 atom stereocenters. The zero-order valence-corrected chi connectivity index (χ0v) is 15.1. The molecular formula is C19H15ClN6O. The second kappa shape index (κ2) is 6.79. The molecule has 2 aromatic heterocycles. The van der Waals surface area contributed by atoms with Gasteiger partial charge >= 0.3 is 0 Å². The van der Waals surface area contributed by atoms with E-state index < -0.39 is 0 Å². The molecule has 0 aliphatic heterocycles. The van der Waals surface area contributed by atoms with E-state index >= 15 is 0 Å². The van der Waals surface area contributed by atoms with Crippen molar-refractivity contribution in [2.45, 2.75) is 6.92 Å². The number of hydrazine groups is 1. The van der Waals surface area contributed by atoms with Gasteiger partial charge in [-0.1, -0.05) is 23.7 Å². The Bertz CT molecular complexity index is 1140. The summed E-state index contributed by atoms with van der Waals surface area (Å²) in [7, 11) is 0. The van der Waals surface area contributed by atoms with E-state index in [1.165, 1.54) is 0 Å². The predicted octanol–water partition coefficient (Wildman–Crippen LogP) is 3.05. The minimum Gasteiger partial charge on any atom is -0.290 e. The fourth-order valence-electron chi connectivity index (χ4n) is 3.15. The third-order valence-electron chi connectivity index (χ3n) is 4.30. The van der Waals surface area contributed by atoms with E-state index in [4.69, 9.17) is 17.4 Å². The van der Waals surface area contributed by atoms with Crippen LogP contribution in [0.4, 0.5) is 0 Å². The summed E-state index contributed by atoms with van der Waals surface area (Å²) in [5.74, 6) is 5.60. The van der Waals surface area contributed by atoms with Crippen molar-refractivity contribution in [3.8, 4) is 16.9 Å². The van der Waals surface area contributed by atoms with Crippen LogP contribution < -0.4 is 11.3 Å². The molecule has 4 rings (SSSR count). The number of rotatable bonds is 3. The third kappa shape index (κ3) is 2.92. The largest absolute Gasteiger partial charge is 0.290 e. The fraction of sp³-hybridized carbons (Fsp3) is 0.0526. The summed E-state index contributed by atoms with van der Waals surface area (Å²) in [6.45, 7) is 1.89. The number of nitrogen functional groups attached to an aromatic ring is 1. The minimum absolute atomic E-state index is 0.381. The van der Waals surface area contributed by atoms with Crippen molar-refractivity contribution < 1.29 is 4.79 Å². The lowest BCUT2D eigenvalue weighted by molar-refractivity contribution is 0.0954. The Hall–Kier alpha value is -3.29. The highest BCUT2D eigenvalue weighted by Crippen LogP contribution is 2.35. The minimum atomic E-state index is -0.381. The Labute approximate surface area is 159 Å². The van der Waals surface area contributed by atoms with Crippen molar-refractivity contribution in [2.75, 3.05) is 0 Å². The number of carbonyl (C=O) groups is 1. The van der Waals surface area contributed by atoms with Gasteiger partial charge in [-0.05, 0) is 36.8 Å².